The van der Waals surface area contributed by atoms with Gasteiger partial charge in [0.2, 0.25) is 0 Å². The SMILES string of the molecule is Cc1cc(Sc2ccsc2)c2c(=O)cc(NC3=CCCC=C3)n(-c3ccccc3)c2n1. The second-order valence-corrected chi connectivity index (χ2v) is 9.25. The molecule has 1 aromatic carbocycles. The molecule has 6 heteroatoms. The van der Waals surface area contributed by atoms with E-state index in [2.05, 4.69) is 35.0 Å². The van der Waals surface area contributed by atoms with Gasteiger partial charge in [-0.05, 0) is 55.5 Å². The summed E-state index contributed by atoms with van der Waals surface area (Å²) in [4.78, 5) is 20.2. The molecule has 31 heavy (non-hydrogen) atoms. The average Bonchev–Trinajstić information content (AvgIpc) is 3.28. The standard InChI is InChI=1S/C25H21N3OS2/c1-17-14-22(31-20-12-13-30-16-20)24-21(29)15-23(27-18-8-4-2-5-9-18)28(25(24)26-17)19-10-6-3-7-11-19/h3-4,6-16,27H,2,5H2,1H3. The van der Waals surface area contributed by atoms with Gasteiger partial charge in [-0.15, -0.1) is 0 Å². The number of fused-ring (bicyclic) bond motifs is 1. The highest BCUT2D eigenvalue weighted by molar-refractivity contribution is 7.99. The lowest BCUT2D eigenvalue weighted by atomic mass is 10.1. The molecular weight excluding hydrogens is 422 g/mol. The van der Waals surface area contributed by atoms with Gasteiger partial charge in [0.1, 0.15) is 5.82 Å². The summed E-state index contributed by atoms with van der Waals surface area (Å²) >= 11 is 3.26. The van der Waals surface area contributed by atoms with Crippen LogP contribution in [0.3, 0.4) is 0 Å². The number of aromatic nitrogens is 2. The van der Waals surface area contributed by atoms with Crippen molar-refractivity contribution in [2.24, 2.45) is 0 Å². The molecule has 3 heterocycles. The molecule has 0 aliphatic heterocycles. The van der Waals surface area contributed by atoms with Gasteiger partial charge in [0.05, 0.1) is 5.39 Å². The minimum atomic E-state index is -0.0321. The number of nitrogens with zero attached hydrogens (tertiary/aromatic N) is 2. The molecule has 0 radical (unpaired) electrons. The minimum absolute atomic E-state index is 0.0321. The zero-order valence-corrected chi connectivity index (χ0v) is 18.7. The van der Waals surface area contributed by atoms with Crippen LogP contribution in [0.2, 0.25) is 0 Å². The molecule has 0 spiro atoms. The largest absolute Gasteiger partial charge is 0.341 e. The Bertz CT molecular complexity index is 1350. The van der Waals surface area contributed by atoms with E-state index in [-0.39, 0.29) is 5.43 Å². The number of allylic oxidation sites excluding steroid dienone is 3. The zero-order valence-electron chi connectivity index (χ0n) is 17.0. The number of para-hydroxylation sites is 1. The molecule has 3 aromatic heterocycles. The summed E-state index contributed by atoms with van der Waals surface area (Å²) in [5, 5.41) is 8.25. The maximum Gasteiger partial charge on any atom is 0.194 e. The van der Waals surface area contributed by atoms with Crippen LogP contribution >= 0.6 is 23.1 Å². The number of hydrogen-bond donors (Lipinski definition) is 1. The van der Waals surface area contributed by atoms with Crippen LogP contribution in [0.25, 0.3) is 16.7 Å². The number of nitrogens with one attached hydrogen (secondary N) is 1. The molecule has 0 amide bonds. The molecule has 1 aliphatic rings. The fourth-order valence-electron chi connectivity index (χ4n) is 3.70. The lowest BCUT2D eigenvalue weighted by molar-refractivity contribution is 1.00. The summed E-state index contributed by atoms with van der Waals surface area (Å²) in [6.07, 6.45) is 8.39. The topological polar surface area (TPSA) is 46.9 Å². The summed E-state index contributed by atoms with van der Waals surface area (Å²) in [5.41, 5.74) is 3.47. The number of rotatable bonds is 5. The third kappa shape index (κ3) is 4.09. The molecule has 0 bridgehead atoms. The minimum Gasteiger partial charge on any atom is -0.341 e. The number of benzene rings is 1. The molecule has 0 fully saturated rings. The van der Waals surface area contributed by atoms with E-state index in [1.807, 2.05) is 53.3 Å². The summed E-state index contributed by atoms with van der Waals surface area (Å²) < 4.78 is 2.05. The molecule has 0 unspecified atom stereocenters. The van der Waals surface area contributed by atoms with Gasteiger partial charge in [-0.1, -0.05) is 42.1 Å². The van der Waals surface area contributed by atoms with Crippen LogP contribution in [0.1, 0.15) is 18.5 Å². The summed E-state index contributed by atoms with van der Waals surface area (Å²) in [5.74, 6) is 0.714. The van der Waals surface area contributed by atoms with Gasteiger partial charge < -0.3 is 5.32 Å². The maximum absolute atomic E-state index is 13.3. The van der Waals surface area contributed by atoms with Crippen LogP contribution in [0.5, 0.6) is 0 Å². The van der Waals surface area contributed by atoms with E-state index in [9.17, 15) is 4.79 Å². The first-order valence-corrected chi connectivity index (χ1v) is 11.9. The van der Waals surface area contributed by atoms with Crippen molar-refractivity contribution in [1.82, 2.24) is 9.55 Å². The Hall–Kier alpha value is -3.09. The lowest BCUT2D eigenvalue weighted by Crippen LogP contribution is -2.16. The maximum atomic E-state index is 13.3. The van der Waals surface area contributed by atoms with E-state index in [0.717, 1.165) is 39.7 Å². The molecule has 0 atom stereocenters. The predicted molar refractivity (Wildman–Crippen MR) is 131 cm³/mol. The Morgan fingerprint density at radius 1 is 1.13 bits per heavy atom. The summed E-state index contributed by atoms with van der Waals surface area (Å²) in [7, 11) is 0. The van der Waals surface area contributed by atoms with Crippen molar-refractivity contribution in [2.45, 2.75) is 29.6 Å². The quantitative estimate of drug-likeness (QED) is 0.380. The van der Waals surface area contributed by atoms with Crippen LogP contribution in [-0.4, -0.2) is 9.55 Å². The second kappa shape index (κ2) is 8.57. The van der Waals surface area contributed by atoms with Crippen molar-refractivity contribution in [3.8, 4) is 5.69 Å². The normalized spacial score (nSPS) is 13.4. The number of aryl methyl sites for hydroxylation is 1. The highest BCUT2D eigenvalue weighted by Crippen LogP contribution is 2.35. The van der Waals surface area contributed by atoms with Gasteiger partial charge in [-0.3, -0.25) is 9.36 Å². The molecule has 4 aromatic rings. The second-order valence-electron chi connectivity index (χ2n) is 7.35. The van der Waals surface area contributed by atoms with E-state index in [1.54, 1.807) is 29.2 Å². The third-order valence-corrected chi connectivity index (χ3v) is 6.93. The Balaban J connectivity index is 1.77. The molecular formula is C25H21N3OS2. The monoisotopic (exact) mass is 443 g/mol. The highest BCUT2D eigenvalue weighted by Gasteiger charge is 2.17. The van der Waals surface area contributed by atoms with Crippen molar-refractivity contribution >= 4 is 39.9 Å². The van der Waals surface area contributed by atoms with Crippen molar-refractivity contribution in [3.05, 3.63) is 99.1 Å². The average molecular weight is 444 g/mol. The summed E-state index contributed by atoms with van der Waals surface area (Å²) in [6.45, 7) is 1.98. The summed E-state index contributed by atoms with van der Waals surface area (Å²) in [6, 6.07) is 15.8. The van der Waals surface area contributed by atoms with E-state index in [4.69, 9.17) is 4.98 Å². The van der Waals surface area contributed by atoms with Crippen LogP contribution < -0.4 is 10.7 Å². The highest BCUT2D eigenvalue weighted by atomic mass is 32.2. The molecule has 1 N–H and O–H groups in total. The van der Waals surface area contributed by atoms with E-state index >= 15 is 0 Å². The third-order valence-electron chi connectivity index (χ3n) is 5.06. The fourth-order valence-corrected chi connectivity index (χ4v) is 5.57. The molecule has 0 saturated heterocycles. The Morgan fingerprint density at radius 2 is 2.00 bits per heavy atom. The van der Waals surface area contributed by atoms with Crippen molar-refractivity contribution in [3.63, 3.8) is 0 Å². The van der Waals surface area contributed by atoms with Gasteiger partial charge >= 0.3 is 0 Å². The van der Waals surface area contributed by atoms with E-state index in [1.165, 1.54) is 0 Å². The zero-order chi connectivity index (χ0) is 21.2. The Kier molecular flexibility index (Phi) is 5.49. The first kappa shape index (κ1) is 19.8. The predicted octanol–water partition coefficient (Wildman–Crippen LogP) is 6.55. The molecule has 154 valence electrons. The number of hydrogen-bond acceptors (Lipinski definition) is 5. The molecule has 5 rings (SSSR count). The van der Waals surface area contributed by atoms with Gasteiger partial charge in [0, 0.05) is 38.3 Å². The van der Waals surface area contributed by atoms with E-state index < -0.39 is 0 Å². The van der Waals surface area contributed by atoms with Gasteiger partial charge in [-0.25, -0.2) is 4.98 Å². The number of pyridine rings is 2. The fraction of sp³-hybridized carbons (Fsp3) is 0.120. The van der Waals surface area contributed by atoms with Crippen molar-refractivity contribution in [2.75, 3.05) is 5.32 Å². The van der Waals surface area contributed by atoms with E-state index in [0.29, 0.717) is 16.9 Å². The van der Waals surface area contributed by atoms with Crippen LogP contribution in [0.15, 0.2) is 97.8 Å². The van der Waals surface area contributed by atoms with Gasteiger partial charge in [0.15, 0.2) is 11.1 Å². The van der Waals surface area contributed by atoms with Crippen molar-refractivity contribution in [1.29, 1.82) is 0 Å². The lowest BCUT2D eigenvalue weighted by Gasteiger charge is -2.20. The van der Waals surface area contributed by atoms with Gasteiger partial charge in [0.25, 0.3) is 0 Å². The van der Waals surface area contributed by atoms with Gasteiger partial charge in [-0.2, -0.15) is 11.3 Å². The Labute approximate surface area is 189 Å². The first-order chi connectivity index (χ1) is 15.2. The number of anilines is 1. The van der Waals surface area contributed by atoms with Crippen LogP contribution in [0.4, 0.5) is 5.82 Å². The van der Waals surface area contributed by atoms with Crippen LogP contribution in [0, 0.1) is 6.92 Å². The number of thiophene rings is 1. The molecule has 0 saturated carbocycles. The molecule has 1 aliphatic carbocycles. The Morgan fingerprint density at radius 3 is 2.74 bits per heavy atom. The first-order valence-electron chi connectivity index (χ1n) is 10.2. The molecule has 4 nitrogen and oxygen atoms in total. The van der Waals surface area contributed by atoms with Crippen molar-refractivity contribution < 1.29 is 0 Å². The smallest absolute Gasteiger partial charge is 0.194 e. The van der Waals surface area contributed by atoms with Crippen LogP contribution in [-0.2, 0) is 0 Å².